The number of nitrogens with one attached hydrogen (secondary N) is 2. The Balaban J connectivity index is 1.38. The number of aromatic nitrogens is 4. The van der Waals surface area contributed by atoms with Crippen LogP contribution in [0.25, 0.3) is 16.8 Å². The fourth-order valence-corrected chi connectivity index (χ4v) is 5.53. The van der Waals surface area contributed by atoms with E-state index in [2.05, 4.69) is 25.8 Å². The van der Waals surface area contributed by atoms with Gasteiger partial charge in [0, 0.05) is 59.6 Å². The molecule has 260 valence electrons. The number of hydrogen-bond acceptors (Lipinski definition) is 8. The number of anilines is 1. The summed E-state index contributed by atoms with van der Waals surface area (Å²) in [6, 6.07) is 7.78. The van der Waals surface area contributed by atoms with E-state index in [1.165, 1.54) is 37.6 Å². The summed E-state index contributed by atoms with van der Waals surface area (Å²) < 4.78 is 67.2. The lowest BCUT2D eigenvalue weighted by molar-refractivity contribution is -0.141. The number of morpholine rings is 1. The largest absolute Gasteiger partial charge is 0.495 e. The zero-order valence-corrected chi connectivity index (χ0v) is 27.1. The Morgan fingerprint density at radius 2 is 1.84 bits per heavy atom. The number of alkyl halides is 3. The molecule has 0 unspecified atom stereocenters. The van der Waals surface area contributed by atoms with E-state index in [1.54, 1.807) is 6.92 Å². The molecular weight excluding hydrogens is 674 g/mol. The fourth-order valence-electron chi connectivity index (χ4n) is 5.36. The van der Waals surface area contributed by atoms with Gasteiger partial charge in [-0.15, -0.1) is 5.10 Å². The molecule has 49 heavy (non-hydrogen) atoms. The minimum absolute atomic E-state index is 0.000535. The standard InChI is InChI=1S/C32H32ClF4N7O5/c1-3-25(31(47)39-22-13-19(12-21(34)15-22)30(46)38-6-7-42-8-10-49-11-9-42)43-17-27(48-2)24(16-29(43)45)23-14-20(33)4-5-26(23)44-18-28(40-41-44)32(35,36)37/h4-5,12-18,25H,3,6-11H2,1-2H3,(H,38,46)(H,39,47)/t25-/m0/s1. The summed E-state index contributed by atoms with van der Waals surface area (Å²) in [5.74, 6) is -1.85. The lowest BCUT2D eigenvalue weighted by atomic mass is 10.0. The molecule has 1 saturated heterocycles. The SMILES string of the molecule is CC[C@@H](C(=O)Nc1cc(F)cc(C(=O)NCCN2CCOCC2)c1)n1cc(OC)c(-c2cc(Cl)ccc2-n2cc(C(F)(F)F)nn2)cc1=O. The summed E-state index contributed by atoms with van der Waals surface area (Å²) >= 11 is 6.23. The zero-order valence-electron chi connectivity index (χ0n) is 26.4. The van der Waals surface area contributed by atoms with E-state index in [-0.39, 0.29) is 45.3 Å². The van der Waals surface area contributed by atoms with Crippen molar-refractivity contribution in [3.63, 3.8) is 0 Å². The van der Waals surface area contributed by atoms with E-state index in [0.717, 1.165) is 40.5 Å². The molecule has 0 saturated carbocycles. The molecule has 1 aliphatic heterocycles. The summed E-state index contributed by atoms with van der Waals surface area (Å²) in [5.41, 5.74) is -1.37. The highest BCUT2D eigenvalue weighted by Crippen LogP contribution is 2.36. The summed E-state index contributed by atoms with van der Waals surface area (Å²) in [7, 11) is 1.32. The highest BCUT2D eigenvalue weighted by atomic mass is 35.5. The molecule has 1 aliphatic rings. The maximum atomic E-state index is 14.6. The van der Waals surface area contributed by atoms with Gasteiger partial charge >= 0.3 is 6.18 Å². The van der Waals surface area contributed by atoms with Crippen LogP contribution in [0.15, 0.2) is 59.7 Å². The Bertz CT molecular complexity index is 1890. The third-order valence-corrected chi connectivity index (χ3v) is 8.05. The maximum absolute atomic E-state index is 14.6. The first-order chi connectivity index (χ1) is 23.4. The Kier molecular flexibility index (Phi) is 11.0. The van der Waals surface area contributed by atoms with Crippen LogP contribution >= 0.6 is 11.6 Å². The summed E-state index contributed by atoms with van der Waals surface area (Å²) in [5, 5.41) is 12.3. The highest BCUT2D eigenvalue weighted by Gasteiger charge is 2.35. The van der Waals surface area contributed by atoms with Crippen LogP contribution in [0, 0.1) is 5.82 Å². The number of carbonyl (C=O) groups excluding carboxylic acids is 2. The third kappa shape index (κ3) is 8.44. The van der Waals surface area contributed by atoms with Crippen LogP contribution in [0.2, 0.25) is 5.02 Å². The first-order valence-electron chi connectivity index (χ1n) is 15.2. The maximum Gasteiger partial charge on any atom is 0.436 e. The highest BCUT2D eigenvalue weighted by molar-refractivity contribution is 6.31. The molecule has 3 heterocycles. The van der Waals surface area contributed by atoms with Crippen molar-refractivity contribution in [1.82, 2.24) is 29.8 Å². The van der Waals surface area contributed by atoms with Gasteiger partial charge in [-0.3, -0.25) is 23.9 Å². The Hall–Kier alpha value is -4.80. The van der Waals surface area contributed by atoms with E-state index >= 15 is 0 Å². The number of methoxy groups -OCH3 is 1. The number of hydrogen-bond donors (Lipinski definition) is 2. The van der Waals surface area contributed by atoms with Gasteiger partial charge in [0.05, 0.1) is 38.4 Å². The molecule has 0 aliphatic carbocycles. The van der Waals surface area contributed by atoms with Gasteiger partial charge in [0.1, 0.15) is 17.6 Å². The second-order valence-corrected chi connectivity index (χ2v) is 11.5. The minimum atomic E-state index is -4.73. The van der Waals surface area contributed by atoms with Crippen LogP contribution in [0.4, 0.5) is 23.2 Å². The van der Waals surface area contributed by atoms with Gasteiger partial charge in [-0.2, -0.15) is 13.2 Å². The molecule has 2 aromatic carbocycles. The van der Waals surface area contributed by atoms with Crippen LogP contribution in [-0.4, -0.2) is 82.8 Å². The van der Waals surface area contributed by atoms with Crippen LogP contribution in [0.5, 0.6) is 5.75 Å². The van der Waals surface area contributed by atoms with E-state index < -0.39 is 41.1 Å². The molecule has 2 amide bonds. The summed E-state index contributed by atoms with van der Waals surface area (Å²) in [6.07, 6.45) is -2.62. The fraction of sp³-hybridized carbons (Fsp3) is 0.344. The molecule has 5 rings (SSSR count). The molecular formula is C32H32ClF4N7O5. The number of benzene rings is 2. The van der Waals surface area contributed by atoms with Gasteiger partial charge in [0.25, 0.3) is 11.5 Å². The molecule has 0 radical (unpaired) electrons. The molecule has 4 aromatic rings. The zero-order chi connectivity index (χ0) is 35.3. The number of ether oxygens (including phenoxy) is 2. The number of rotatable bonds is 11. The summed E-state index contributed by atoms with van der Waals surface area (Å²) in [6.45, 7) is 5.32. The second-order valence-electron chi connectivity index (χ2n) is 11.1. The molecule has 1 atom stereocenters. The van der Waals surface area contributed by atoms with Crippen molar-refractivity contribution >= 4 is 29.1 Å². The van der Waals surface area contributed by atoms with E-state index in [9.17, 15) is 31.9 Å². The number of nitrogens with zero attached hydrogens (tertiary/aromatic N) is 5. The van der Waals surface area contributed by atoms with Crippen molar-refractivity contribution in [2.24, 2.45) is 0 Å². The van der Waals surface area contributed by atoms with Crippen molar-refractivity contribution < 1.29 is 36.6 Å². The van der Waals surface area contributed by atoms with Crippen LogP contribution in [0.1, 0.15) is 35.4 Å². The van der Waals surface area contributed by atoms with Gasteiger partial charge in [0.15, 0.2) is 5.69 Å². The monoisotopic (exact) mass is 705 g/mol. The normalized spacial score (nSPS) is 14.3. The first-order valence-corrected chi connectivity index (χ1v) is 15.6. The van der Waals surface area contributed by atoms with Crippen LogP contribution in [0.3, 0.4) is 0 Å². The van der Waals surface area contributed by atoms with E-state index in [1.807, 2.05) is 0 Å². The lowest BCUT2D eigenvalue weighted by Crippen LogP contribution is -2.41. The quantitative estimate of drug-likeness (QED) is 0.217. The van der Waals surface area contributed by atoms with Gasteiger partial charge in [-0.25, -0.2) is 9.07 Å². The van der Waals surface area contributed by atoms with E-state index in [4.69, 9.17) is 21.1 Å². The third-order valence-electron chi connectivity index (χ3n) is 7.81. The van der Waals surface area contributed by atoms with E-state index in [0.29, 0.717) is 32.5 Å². The molecule has 0 bridgehead atoms. The molecule has 17 heteroatoms. The molecule has 2 N–H and O–H groups in total. The van der Waals surface area contributed by atoms with Crippen molar-refractivity contribution in [3.8, 4) is 22.6 Å². The number of amides is 2. The predicted octanol–water partition coefficient (Wildman–Crippen LogP) is 4.57. The first kappa shape index (κ1) is 35.5. The predicted molar refractivity (Wildman–Crippen MR) is 172 cm³/mol. The number of carbonyl (C=O) groups is 2. The van der Waals surface area contributed by atoms with Crippen molar-refractivity contribution in [1.29, 1.82) is 0 Å². The average Bonchev–Trinajstić information content (AvgIpc) is 3.57. The topological polar surface area (TPSA) is 133 Å². The van der Waals surface area contributed by atoms with Crippen molar-refractivity contribution in [2.75, 3.05) is 51.8 Å². The van der Waals surface area contributed by atoms with Crippen molar-refractivity contribution in [3.05, 3.63) is 87.3 Å². The molecule has 1 fully saturated rings. The summed E-state index contributed by atoms with van der Waals surface area (Å²) in [4.78, 5) is 41.9. The van der Waals surface area contributed by atoms with Crippen molar-refractivity contribution in [2.45, 2.75) is 25.6 Å². The smallest absolute Gasteiger partial charge is 0.436 e. The molecule has 2 aromatic heterocycles. The Morgan fingerprint density at radius 1 is 1.08 bits per heavy atom. The second kappa shape index (κ2) is 15.2. The lowest BCUT2D eigenvalue weighted by Gasteiger charge is -2.26. The van der Waals surface area contributed by atoms with Gasteiger partial charge in [-0.05, 0) is 42.8 Å². The number of pyridine rings is 1. The van der Waals surface area contributed by atoms with Gasteiger partial charge in [-0.1, -0.05) is 23.7 Å². The number of halogens is 5. The van der Waals surface area contributed by atoms with Gasteiger partial charge in [0.2, 0.25) is 5.91 Å². The van der Waals surface area contributed by atoms with Crippen LogP contribution < -0.4 is 20.9 Å². The van der Waals surface area contributed by atoms with Crippen LogP contribution in [-0.2, 0) is 15.7 Å². The molecule has 0 spiro atoms. The minimum Gasteiger partial charge on any atom is -0.495 e. The average molecular weight is 706 g/mol. The molecule has 12 nitrogen and oxygen atoms in total. The Morgan fingerprint density at radius 3 is 2.51 bits per heavy atom. The Labute approximate surface area is 282 Å². The van der Waals surface area contributed by atoms with Gasteiger partial charge < -0.3 is 20.1 Å².